The van der Waals surface area contributed by atoms with Crippen molar-refractivity contribution in [3.05, 3.63) is 0 Å². The standard InChI is InChI=1S/C13H26N2/c1-12(2,3)10-15-9-8-14-13(11-15)6-4-5-7-13/h14H,4-11H2,1-3H3. The summed E-state index contributed by atoms with van der Waals surface area (Å²) in [7, 11) is 0. The van der Waals surface area contributed by atoms with E-state index in [1.165, 1.54) is 51.9 Å². The molecule has 0 aromatic rings. The van der Waals surface area contributed by atoms with E-state index in [4.69, 9.17) is 0 Å². The Morgan fingerprint density at radius 1 is 1.20 bits per heavy atom. The van der Waals surface area contributed by atoms with E-state index in [1.807, 2.05) is 0 Å². The van der Waals surface area contributed by atoms with Gasteiger partial charge in [-0.25, -0.2) is 0 Å². The molecule has 2 rings (SSSR count). The topological polar surface area (TPSA) is 15.3 Å². The second-order valence-electron chi connectivity index (χ2n) is 6.69. The maximum atomic E-state index is 3.77. The molecule has 1 saturated carbocycles. The van der Waals surface area contributed by atoms with Crippen LogP contribution in [0.4, 0.5) is 0 Å². The molecule has 0 aromatic heterocycles. The molecule has 2 fully saturated rings. The predicted octanol–water partition coefficient (Wildman–Crippen LogP) is 2.25. The Morgan fingerprint density at radius 2 is 1.87 bits per heavy atom. The fourth-order valence-electron chi connectivity index (χ4n) is 3.23. The third-order valence-electron chi connectivity index (χ3n) is 3.71. The van der Waals surface area contributed by atoms with Crippen molar-refractivity contribution in [2.24, 2.45) is 5.41 Å². The molecule has 1 spiro atoms. The number of hydrogen-bond acceptors (Lipinski definition) is 2. The molecule has 1 aliphatic carbocycles. The Hall–Kier alpha value is -0.0800. The summed E-state index contributed by atoms with van der Waals surface area (Å²) in [5, 5.41) is 3.77. The lowest BCUT2D eigenvalue weighted by atomic mass is 9.91. The Morgan fingerprint density at radius 3 is 2.47 bits per heavy atom. The Kier molecular flexibility index (Phi) is 3.09. The largest absolute Gasteiger partial charge is 0.309 e. The molecule has 1 heterocycles. The van der Waals surface area contributed by atoms with E-state index in [2.05, 4.69) is 31.0 Å². The van der Waals surface area contributed by atoms with Crippen molar-refractivity contribution in [3.63, 3.8) is 0 Å². The predicted molar refractivity (Wildman–Crippen MR) is 65.1 cm³/mol. The zero-order valence-electron chi connectivity index (χ0n) is 10.6. The van der Waals surface area contributed by atoms with Crippen molar-refractivity contribution >= 4 is 0 Å². The van der Waals surface area contributed by atoms with Gasteiger partial charge in [-0.3, -0.25) is 4.90 Å². The van der Waals surface area contributed by atoms with Gasteiger partial charge in [0.1, 0.15) is 0 Å². The van der Waals surface area contributed by atoms with Gasteiger partial charge in [0.25, 0.3) is 0 Å². The van der Waals surface area contributed by atoms with Gasteiger partial charge >= 0.3 is 0 Å². The van der Waals surface area contributed by atoms with Gasteiger partial charge in [0, 0.05) is 31.7 Å². The van der Waals surface area contributed by atoms with Gasteiger partial charge in [0.15, 0.2) is 0 Å². The average Bonchev–Trinajstić information content (AvgIpc) is 2.50. The van der Waals surface area contributed by atoms with Gasteiger partial charge in [0.05, 0.1) is 0 Å². The zero-order valence-corrected chi connectivity index (χ0v) is 10.6. The van der Waals surface area contributed by atoms with Crippen LogP contribution < -0.4 is 5.32 Å². The molecule has 0 aromatic carbocycles. The zero-order chi connectivity index (χ0) is 10.9. The Balaban J connectivity index is 1.92. The van der Waals surface area contributed by atoms with Crippen molar-refractivity contribution in [1.82, 2.24) is 10.2 Å². The van der Waals surface area contributed by atoms with Gasteiger partial charge in [-0.1, -0.05) is 33.6 Å². The van der Waals surface area contributed by atoms with Crippen LogP contribution in [0.5, 0.6) is 0 Å². The van der Waals surface area contributed by atoms with Crippen LogP contribution >= 0.6 is 0 Å². The maximum Gasteiger partial charge on any atom is 0.0309 e. The highest BCUT2D eigenvalue weighted by Gasteiger charge is 2.38. The normalized spacial score (nSPS) is 27.4. The number of nitrogens with zero attached hydrogens (tertiary/aromatic N) is 1. The number of hydrogen-bond donors (Lipinski definition) is 1. The van der Waals surface area contributed by atoms with Crippen LogP contribution in [0.1, 0.15) is 46.5 Å². The lowest BCUT2D eigenvalue weighted by Gasteiger charge is -2.43. The fraction of sp³-hybridized carbons (Fsp3) is 1.00. The van der Waals surface area contributed by atoms with E-state index < -0.39 is 0 Å². The summed E-state index contributed by atoms with van der Waals surface area (Å²) in [5.74, 6) is 0. The van der Waals surface area contributed by atoms with E-state index in [1.54, 1.807) is 0 Å². The first-order valence-electron chi connectivity index (χ1n) is 6.47. The summed E-state index contributed by atoms with van der Waals surface area (Å²) in [6.07, 6.45) is 5.65. The van der Waals surface area contributed by atoms with Crippen LogP contribution in [0.15, 0.2) is 0 Å². The molecule has 0 bridgehead atoms. The molecule has 0 atom stereocenters. The molecular formula is C13H26N2. The molecule has 1 aliphatic heterocycles. The Labute approximate surface area is 94.4 Å². The van der Waals surface area contributed by atoms with E-state index in [-0.39, 0.29) is 0 Å². The van der Waals surface area contributed by atoms with E-state index in [9.17, 15) is 0 Å². The summed E-state index contributed by atoms with van der Waals surface area (Å²) in [5.41, 5.74) is 0.931. The minimum atomic E-state index is 0.442. The maximum absolute atomic E-state index is 3.77. The fourth-order valence-corrected chi connectivity index (χ4v) is 3.23. The van der Waals surface area contributed by atoms with Crippen LogP contribution in [-0.4, -0.2) is 36.6 Å². The minimum Gasteiger partial charge on any atom is -0.309 e. The molecular weight excluding hydrogens is 184 g/mol. The summed E-state index contributed by atoms with van der Waals surface area (Å²) in [6, 6.07) is 0. The first-order valence-corrected chi connectivity index (χ1v) is 6.47. The van der Waals surface area contributed by atoms with Crippen LogP contribution in [0.3, 0.4) is 0 Å². The SMILES string of the molecule is CC(C)(C)CN1CCNC2(CCCC2)C1. The van der Waals surface area contributed by atoms with Gasteiger partial charge in [-0.15, -0.1) is 0 Å². The minimum absolute atomic E-state index is 0.442. The van der Waals surface area contributed by atoms with Crippen molar-refractivity contribution < 1.29 is 0 Å². The van der Waals surface area contributed by atoms with Crippen LogP contribution in [0, 0.1) is 5.41 Å². The number of rotatable bonds is 1. The smallest absolute Gasteiger partial charge is 0.0309 e. The highest BCUT2D eigenvalue weighted by Crippen LogP contribution is 2.32. The van der Waals surface area contributed by atoms with Gasteiger partial charge in [-0.2, -0.15) is 0 Å². The van der Waals surface area contributed by atoms with Gasteiger partial charge in [-0.05, 0) is 18.3 Å². The lowest BCUT2D eigenvalue weighted by molar-refractivity contribution is 0.101. The lowest BCUT2D eigenvalue weighted by Crippen LogP contribution is -2.59. The van der Waals surface area contributed by atoms with Crippen LogP contribution in [0.25, 0.3) is 0 Å². The summed E-state index contributed by atoms with van der Waals surface area (Å²) in [4.78, 5) is 2.67. The summed E-state index contributed by atoms with van der Waals surface area (Å²) < 4.78 is 0. The molecule has 88 valence electrons. The first-order chi connectivity index (χ1) is 6.99. The van der Waals surface area contributed by atoms with Crippen LogP contribution in [-0.2, 0) is 0 Å². The quantitative estimate of drug-likeness (QED) is 0.714. The third-order valence-corrected chi connectivity index (χ3v) is 3.71. The second kappa shape index (κ2) is 4.06. The van der Waals surface area contributed by atoms with Crippen molar-refractivity contribution in [1.29, 1.82) is 0 Å². The second-order valence-corrected chi connectivity index (χ2v) is 6.69. The molecule has 0 unspecified atom stereocenters. The summed E-state index contributed by atoms with van der Waals surface area (Å²) in [6.45, 7) is 12.0. The van der Waals surface area contributed by atoms with E-state index in [0.717, 1.165) is 0 Å². The van der Waals surface area contributed by atoms with Crippen molar-refractivity contribution in [2.75, 3.05) is 26.2 Å². The molecule has 15 heavy (non-hydrogen) atoms. The van der Waals surface area contributed by atoms with Gasteiger partial charge in [0.2, 0.25) is 0 Å². The molecule has 0 radical (unpaired) electrons. The third kappa shape index (κ3) is 2.94. The highest BCUT2D eigenvalue weighted by atomic mass is 15.2. The molecule has 0 amide bonds. The van der Waals surface area contributed by atoms with E-state index >= 15 is 0 Å². The van der Waals surface area contributed by atoms with Crippen molar-refractivity contribution in [3.8, 4) is 0 Å². The number of nitrogens with one attached hydrogen (secondary N) is 1. The highest BCUT2D eigenvalue weighted by molar-refractivity contribution is 4.98. The van der Waals surface area contributed by atoms with Crippen LogP contribution in [0.2, 0.25) is 0 Å². The molecule has 2 aliphatic rings. The molecule has 2 heteroatoms. The number of piperazine rings is 1. The summed E-state index contributed by atoms with van der Waals surface area (Å²) >= 11 is 0. The molecule has 1 saturated heterocycles. The molecule has 1 N–H and O–H groups in total. The first kappa shape index (κ1) is 11.4. The monoisotopic (exact) mass is 210 g/mol. The van der Waals surface area contributed by atoms with Crippen molar-refractivity contribution in [2.45, 2.75) is 52.0 Å². The van der Waals surface area contributed by atoms with Gasteiger partial charge < -0.3 is 5.32 Å². The van der Waals surface area contributed by atoms with E-state index in [0.29, 0.717) is 11.0 Å². The molecule has 2 nitrogen and oxygen atoms in total. The average molecular weight is 210 g/mol. The Bertz CT molecular complexity index is 211.